The third-order valence-electron chi connectivity index (χ3n) is 6.61. The zero-order chi connectivity index (χ0) is 28.1. The van der Waals surface area contributed by atoms with Crippen LogP contribution in [0.5, 0.6) is 0 Å². The Labute approximate surface area is 233 Å². The molecule has 2 N–H and O–H groups in total. The molecule has 6 heteroatoms. The lowest BCUT2D eigenvalue weighted by Crippen LogP contribution is -2.28. The average Bonchev–Trinajstić information content (AvgIpc) is 2.89. The van der Waals surface area contributed by atoms with E-state index in [1.807, 2.05) is 0 Å². The van der Waals surface area contributed by atoms with Gasteiger partial charge in [-0.05, 0) is 51.0 Å². The van der Waals surface area contributed by atoms with Crippen molar-refractivity contribution in [3.05, 3.63) is 24.3 Å². The Morgan fingerprint density at radius 1 is 0.711 bits per heavy atom. The van der Waals surface area contributed by atoms with Crippen LogP contribution in [0.3, 0.4) is 0 Å². The molecule has 0 aromatic rings. The van der Waals surface area contributed by atoms with E-state index in [9.17, 15) is 14.4 Å². The van der Waals surface area contributed by atoms with Gasteiger partial charge in [0.15, 0.2) is 0 Å². The number of carboxylic acid groups (broad SMARTS) is 1. The van der Waals surface area contributed by atoms with Crippen molar-refractivity contribution in [1.29, 1.82) is 0 Å². The molecule has 1 amide bonds. The number of esters is 1. The van der Waals surface area contributed by atoms with Gasteiger partial charge in [0.1, 0.15) is 12.6 Å². The Hall–Kier alpha value is -2.11. The van der Waals surface area contributed by atoms with Crippen molar-refractivity contribution in [2.45, 2.75) is 155 Å². The molecular weight excluding hydrogens is 478 g/mol. The van der Waals surface area contributed by atoms with E-state index in [1.165, 1.54) is 51.4 Å². The molecule has 0 aliphatic heterocycles. The van der Waals surface area contributed by atoms with Crippen LogP contribution in [0.1, 0.15) is 149 Å². The number of ether oxygens (including phenoxy) is 1. The summed E-state index contributed by atoms with van der Waals surface area (Å²) in [6.45, 7) is 4.13. The van der Waals surface area contributed by atoms with Gasteiger partial charge >= 0.3 is 11.9 Å². The third-order valence-corrected chi connectivity index (χ3v) is 6.61. The number of nitrogens with one attached hydrogen (secondary N) is 1. The second-order valence-electron chi connectivity index (χ2n) is 10.4. The van der Waals surface area contributed by atoms with E-state index < -0.39 is 5.97 Å². The summed E-state index contributed by atoms with van der Waals surface area (Å²) in [7, 11) is 0. The molecule has 0 aliphatic carbocycles. The van der Waals surface area contributed by atoms with E-state index in [4.69, 9.17) is 9.84 Å². The molecule has 0 fully saturated rings. The molecule has 0 aliphatic rings. The normalized spacial score (nSPS) is 12.3. The van der Waals surface area contributed by atoms with Crippen LogP contribution in [0.25, 0.3) is 0 Å². The van der Waals surface area contributed by atoms with E-state index in [0.29, 0.717) is 12.8 Å². The smallest absolute Gasteiger partial charge is 0.322 e. The number of aliphatic carboxylic acids is 1. The van der Waals surface area contributed by atoms with Crippen LogP contribution in [-0.4, -0.2) is 35.6 Å². The van der Waals surface area contributed by atoms with Crippen molar-refractivity contribution in [2.75, 3.05) is 6.54 Å². The summed E-state index contributed by atoms with van der Waals surface area (Å²) < 4.78 is 5.83. The molecule has 220 valence electrons. The maximum atomic E-state index is 12.4. The van der Waals surface area contributed by atoms with Gasteiger partial charge in [-0.1, -0.05) is 109 Å². The number of hydrogen-bond acceptors (Lipinski definition) is 4. The predicted octanol–water partition coefficient (Wildman–Crippen LogP) is 8.44. The van der Waals surface area contributed by atoms with E-state index in [-0.39, 0.29) is 24.5 Å². The van der Waals surface area contributed by atoms with Gasteiger partial charge in [0.25, 0.3) is 0 Å². The average molecular weight is 536 g/mol. The van der Waals surface area contributed by atoms with Gasteiger partial charge in [-0.2, -0.15) is 0 Å². The molecule has 0 saturated heterocycles. The fourth-order valence-electron chi connectivity index (χ4n) is 4.28. The molecule has 0 radical (unpaired) electrons. The Morgan fingerprint density at radius 3 is 1.95 bits per heavy atom. The van der Waals surface area contributed by atoms with E-state index >= 15 is 0 Å². The highest BCUT2D eigenvalue weighted by atomic mass is 16.5. The lowest BCUT2D eigenvalue weighted by atomic mass is 10.1. The zero-order valence-corrected chi connectivity index (χ0v) is 24.5. The fraction of sp³-hybridized carbons (Fsp3) is 0.781. The first kappa shape index (κ1) is 35.9. The van der Waals surface area contributed by atoms with Crippen LogP contribution in [0.15, 0.2) is 24.3 Å². The minimum Gasteiger partial charge on any atom is -0.480 e. The van der Waals surface area contributed by atoms with Crippen LogP contribution in [-0.2, 0) is 19.1 Å². The van der Waals surface area contributed by atoms with Gasteiger partial charge in [0.05, 0.1) is 0 Å². The molecule has 0 aromatic carbocycles. The molecule has 1 unspecified atom stereocenters. The summed E-state index contributed by atoms with van der Waals surface area (Å²) in [4.78, 5) is 34.4. The van der Waals surface area contributed by atoms with Gasteiger partial charge < -0.3 is 15.2 Å². The molecule has 6 nitrogen and oxygen atoms in total. The zero-order valence-electron chi connectivity index (χ0n) is 24.5. The lowest BCUT2D eigenvalue weighted by Gasteiger charge is -2.14. The van der Waals surface area contributed by atoms with Crippen LogP contribution in [0.4, 0.5) is 0 Å². The number of unbranched alkanes of at least 4 members (excludes halogenated alkanes) is 14. The van der Waals surface area contributed by atoms with E-state index in [2.05, 4.69) is 43.5 Å². The van der Waals surface area contributed by atoms with Crippen LogP contribution in [0, 0.1) is 0 Å². The summed E-state index contributed by atoms with van der Waals surface area (Å²) in [5.41, 5.74) is 0. The second kappa shape index (κ2) is 27.9. The van der Waals surface area contributed by atoms with Crippen LogP contribution in [0.2, 0.25) is 0 Å². The monoisotopic (exact) mass is 535 g/mol. The maximum Gasteiger partial charge on any atom is 0.322 e. The van der Waals surface area contributed by atoms with Gasteiger partial charge in [-0.15, -0.1) is 0 Å². The summed E-state index contributed by atoms with van der Waals surface area (Å²) in [5.74, 6) is -1.30. The Bertz CT molecular complexity index is 644. The second-order valence-corrected chi connectivity index (χ2v) is 10.4. The Kier molecular flexibility index (Phi) is 26.4. The summed E-state index contributed by atoms with van der Waals surface area (Å²) in [6, 6.07) is 0. The van der Waals surface area contributed by atoms with E-state index in [1.54, 1.807) is 0 Å². The number of hydrogen-bond donors (Lipinski definition) is 2. The molecule has 0 rings (SSSR count). The van der Waals surface area contributed by atoms with E-state index in [0.717, 1.165) is 70.6 Å². The lowest BCUT2D eigenvalue weighted by molar-refractivity contribution is -0.147. The molecular formula is C32H57NO5. The third kappa shape index (κ3) is 26.9. The predicted molar refractivity (Wildman–Crippen MR) is 157 cm³/mol. The summed E-state index contributed by atoms with van der Waals surface area (Å²) in [5, 5.41) is 11.0. The largest absolute Gasteiger partial charge is 0.480 e. The highest BCUT2D eigenvalue weighted by Crippen LogP contribution is 2.15. The number of allylic oxidation sites excluding steroid dienone is 3. The molecule has 38 heavy (non-hydrogen) atoms. The SMILES string of the molecule is CCCCC/C=C\C/C=C\C(CCCCCCCCC(=O)NCC(=O)O)OC(=O)CCCCCCCCC. The van der Waals surface area contributed by atoms with Crippen molar-refractivity contribution >= 4 is 17.8 Å². The molecule has 1 atom stereocenters. The van der Waals surface area contributed by atoms with Gasteiger partial charge in [0.2, 0.25) is 5.91 Å². The van der Waals surface area contributed by atoms with Crippen LogP contribution < -0.4 is 5.32 Å². The highest BCUT2D eigenvalue weighted by Gasteiger charge is 2.11. The van der Waals surface area contributed by atoms with Gasteiger partial charge in [-0.25, -0.2) is 0 Å². The number of carbonyl (C=O) groups is 3. The summed E-state index contributed by atoms with van der Waals surface area (Å²) in [6.07, 6.45) is 30.3. The van der Waals surface area contributed by atoms with Gasteiger partial charge in [0, 0.05) is 12.8 Å². The molecule has 0 saturated carbocycles. The molecule has 0 bridgehead atoms. The fourth-order valence-corrected chi connectivity index (χ4v) is 4.28. The molecule has 0 heterocycles. The first-order chi connectivity index (χ1) is 18.5. The minimum absolute atomic E-state index is 0.0792. The first-order valence-electron chi connectivity index (χ1n) is 15.5. The quantitative estimate of drug-likeness (QED) is 0.0625. The minimum atomic E-state index is -1.02. The molecule has 0 aromatic heterocycles. The Morgan fingerprint density at radius 2 is 1.29 bits per heavy atom. The highest BCUT2D eigenvalue weighted by molar-refractivity contribution is 5.80. The topological polar surface area (TPSA) is 92.7 Å². The standard InChI is InChI=1S/C32H57NO5/c1-3-5-7-9-11-13-16-20-24-29(38-32(37)27-23-19-12-10-8-6-4-2)25-21-17-14-15-18-22-26-30(34)33-28-31(35)36/h11,13,20,24,29H,3-10,12,14-19,21-23,25-28H2,1-2H3,(H,33,34)(H,35,36)/b13-11-,24-20-. The van der Waals surface area contributed by atoms with Crippen LogP contribution >= 0.6 is 0 Å². The number of carbonyl (C=O) groups excluding carboxylic acids is 2. The number of amides is 1. The maximum absolute atomic E-state index is 12.4. The molecule has 0 spiro atoms. The van der Waals surface area contributed by atoms with Gasteiger partial charge in [-0.3, -0.25) is 14.4 Å². The number of carboxylic acids is 1. The summed E-state index contributed by atoms with van der Waals surface area (Å²) >= 11 is 0. The van der Waals surface area contributed by atoms with Crippen molar-refractivity contribution in [2.24, 2.45) is 0 Å². The first-order valence-corrected chi connectivity index (χ1v) is 15.5. The number of rotatable bonds is 27. The Balaban J connectivity index is 4.24. The van der Waals surface area contributed by atoms with Crippen molar-refractivity contribution in [1.82, 2.24) is 5.32 Å². The van der Waals surface area contributed by atoms with Crippen molar-refractivity contribution in [3.63, 3.8) is 0 Å². The van der Waals surface area contributed by atoms with Crippen molar-refractivity contribution < 1.29 is 24.2 Å². The van der Waals surface area contributed by atoms with Crippen molar-refractivity contribution in [3.8, 4) is 0 Å².